The molecular weight excluding hydrogens is 300 g/mol. The van der Waals surface area contributed by atoms with Crippen molar-refractivity contribution in [1.82, 2.24) is 19.6 Å². The molecule has 1 saturated heterocycles. The maximum Gasteiger partial charge on any atom is 0.239 e. The monoisotopic (exact) mass is 326 g/mol. The van der Waals surface area contributed by atoms with Crippen molar-refractivity contribution < 1.29 is 4.79 Å². The number of aryl methyl sites for hydroxylation is 2. The summed E-state index contributed by atoms with van der Waals surface area (Å²) in [6.07, 6.45) is 2.00. The molecule has 1 aliphatic rings. The fraction of sp³-hybridized carbons (Fsp3) is 0.474. The molecule has 5 nitrogen and oxygen atoms in total. The zero-order valence-corrected chi connectivity index (χ0v) is 14.8. The van der Waals surface area contributed by atoms with Crippen LogP contribution >= 0.6 is 0 Å². The van der Waals surface area contributed by atoms with Gasteiger partial charge in [0.25, 0.3) is 0 Å². The first-order chi connectivity index (χ1) is 11.6. The van der Waals surface area contributed by atoms with Crippen molar-refractivity contribution >= 4 is 5.91 Å². The van der Waals surface area contributed by atoms with Gasteiger partial charge in [-0.1, -0.05) is 29.8 Å². The predicted octanol–water partition coefficient (Wildman–Crippen LogP) is 2.44. The van der Waals surface area contributed by atoms with Crippen LogP contribution in [-0.2, 0) is 24.4 Å². The van der Waals surface area contributed by atoms with E-state index in [4.69, 9.17) is 0 Å². The highest BCUT2D eigenvalue weighted by Crippen LogP contribution is 2.17. The van der Waals surface area contributed by atoms with Crippen molar-refractivity contribution in [3.63, 3.8) is 0 Å². The van der Waals surface area contributed by atoms with Crippen LogP contribution in [0, 0.1) is 6.92 Å². The second-order valence-corrected chi connectivity index (χ2v) is 6.55. The molecule has 1 atom stereocenters. The molecule has 1 aromatic heterocycles. The average Bonchev–Trinajstić information content (AvgIpc) is 3.04. The number of amides is 1. The predicted molar refractivity (Wildman–Crippen MR) is 94.4 cm³/mol. The van der Waals surface area contributed by atoms with E-state index in [1.165, 1.54) is 11.1 Å². The summed E-state index contributed by atoms with van der Waals surface area (Å²) < 4.78 is 1.93. The molecule has 3 rings (SSSR count). The summed E-state index contributed by atoms with van der Waals surface area (Å²) in [5.41, 5.74) is 3.47. The van der Waals surface area contributed by atoms with Crippen molar-refractivity contribution in [1.29, 1.82) is 0 Å². The van der Waals surface area contributed by atoms with E-state index >= 15 is 0 Å². The maximum atomic E-state index is 12.7. The Kier molecular flexibility index (Phi) is 5.00. The van der Waals surface area contributed by atoms with Crippen LogP contribution in [0.15, 0.2) is 36.5 Å². The molecule has 0 radical (unpaired) electrons. The second-order valence-electron chi connectivity index (χ2n) is 6.55. The van der Waals surface area contributed by atoms with Gasteiger partial charge in [-0.2, -0.15) is 5.10 Å². The third-order valence-corrected chi connectivity index (χ3v) is 4.75. The standard InChI is InChI=1S/C19H26N4O/c1-4-23-10-9-18(20-23)14-21-11-12-22(19(24)16(21)3)13-17-7-5-15(2)6-8-17/h5-10,16H,4,11-14H2,1-3H3. The summed E-state index contributed by atoms with van der Waals surface area (Å²) in [5, 5.41) is 4.53. The zero-order chi connectivity index (χ0) is 17.1. The van der Waals surface area contributed by atoms with E-state index in [1.54, 1.807) is 0 Å². The van der Waals surface area contributed by atoms with Crippen LogP contribution in [0.2, 0.25) is 0 Å². The van der Waals surface area contributed by atoms with E-state index in [2.05, 4.69) is 48.1 Å². The second kappa shape index (κ2) is 7.18. The lowest BCUT2D eigenvalue weighted by Gasteiger charge is -2.38. The van der Waals surface area contributed by atoms with Crippen LogP contribution in [0.5, 0.6) is 0 Å². The van der Waals surface area contributed by atoms with Crippen LogP contribution in [0.3, 0.4) is 0 Å². The molecule has 1 unspecified atom stereocenters. The third kappa shape index (κ3) is 3.67. The van der Waals surface area contributed by atoms with Gasteiger partial charge in [0, 0.05) is 38.9 Å². The third-order valence-electron chi connectivity index (χ3n) is 4.75. The number of carbonyl (C=O) groups is 1. The van der Waals surface area contributed by atoms with E-state index in [9.17, 15) is 4.79 Å². The first-order valence-corrected chi connectivity index (χ1v) is 8.67. The summed E-state index contributed by atoms with van der Waals surface area (Å²) >= 11 is 0. The lowest BCUT2D eigenvalue weighted by Crippen LogP contribution is -2.54. The number of benzene rings is 1. The average molecular weight is 326 g/mol. The lowest BCUT2D eigenvalue weighted by molar-refractivity contribution is -0.142. The van der Waals surface area contributed by atoms with Gasteiger partial charge in [0.15, 0.2) is 0 Å². The van der Waals surface area contributed by atoms with Gasteiger partial charge >= 0.3 is 0 Å². The molecule has 1 aromatic carbocycles. The molecule has 128 valence electrons. The number of aromatic nitrogens is 2. The highest BCUT2D eigenvalue weighted by atomic mass is 16.2. The zero-order valence-electron chi connectivity index (χ0n) is 14.8. The molecule has 1 aliphatic heterocycles. The minimum absolute atomic E-state index is 0.101. The minimum Gasteiger partial charge on any atom is -0.336 e. The van der Waals surface area contributed by atoms with Crippen LogP contribution in [0.25, 0.3) is 0 Å². The highest BCUT2D eigenvalue weighted by molar-refractivity contribution is 5.82. The Morgan fingerprint density at radius 3 is 2.54 bits per heavy atom. The van der Waals surface area contributed by atoms with Gasteiger partial charge in [-0.25, -0.2) is 0 Å². The van der Waals surface area contributed by atoms with E-state index in [0.717, 1.165) is 31.9 Å². The normalized spacial score (nSPS) is 19.0. The fourth-order valence-electron chi connectivity index (χ4n) is 3.13. The van der Waals surface area contributed by atoms with Gasteiger partial charge in [0.1, 0.15) is 0 Å². The molecule has 0 aliphatic carbocycles. The molecule has 0 N–H and O–H groups in total. The Balaban J connectivity index is 1.61. The topological polar surface area (TPSA) is 41.4 Å². The fourth-order valence-corrected chi connectivity index (χ4v) is 3.13. The molecule has 24 heavy (non-hydrogen) atoms. The number of rotatable bonds is 5. The number of piperazine rings is 1. The quantitative estimate of drug-likeness (QED) is 0.847. The first-order valence-electron chi connectivity index (χ1n) is 8.67. The van der Waals surface area contributed by atoms with Crippen molar-refractivity contribution in [2.24, 2.45) is 0 Å². The molecule has 1 amide bonds. The highest BCUT2D eigenvalue weighted by Gasteiger charge is 2.31. The van der Waals surface area contributed by atoms with Crippen molar-refractivity contribution in [2.75, 3.05) is 13.1 Å². The van der Waals surface area contributed by atoms with E-state index in [0.29, 0.717) is 6.54 Å². The molecule has 5 heteroatoms. The Morgan fingerprint density at radius 2 is 1.88 bits per heavy atom. The van der Waals surface area contributed by atoms with E-state index in [1.807, 2.05) is 28.8 Å². The Morgan fingerprint density at radius 1 is 1.12 bits per heavy atom. The minimum atomic E-state index is -0.101. The summed E-state index contributed by atoms with van der Waals surface area (Å²) in [5.74, 6) is 0.205. The number of hydrogen-bond donors (Lipinski definition) is 0. The Labute approximate surface area is 143 Å². The van der Waals surface area contributed by atoms with Gasteiger partial charge in [-0.15, -0.1) is 0 Å². The molecule has 2 heterocycles. The molecule has 0 saturated carbocycles. The van der Waals surface area contributed by atoms with E-state index < -0.39 is 0 Å². The van der Waals surface area contributed by atoms with Crippen molar-refractivity contribution in [2.45, 2.75) is 46.4 Å². The number of hydrogen-bond acceptors (Lipinski definition) is 3. The van der Waals surface area contributed by atoms with Crippen LogP contribution in [0.1, 0.15) is 30.7 Å². The lowest BCUT2D eigenvalue weighted by atomic mass is 10.1. The molecular formula is C19H26N4O. The van der Waals surface area contributed by atoms with Crippen molar-refractivity contribution in [3.8, 4) is 0 Å². The van der Waals surface area contributed by atoms with Crippen molar-refractivity contribution in [3.05, 3.63) is 53.3 Å². The summed E-state index contributed by atoms with van der Waals surface area (Å²) in [6.45, 7) is 10.1. The van der Waals surface area contributed by atoms with Crippen LogP contribution < -0.4 is 0 Å². The molecule has 0 spiro atoms. The summed E-state index contributed by atoms with van der Waals surface area (Å²) in [7, 11) is 0. The van der Waals surface area contributed by atoms with Crippen LogP contribution in [0.4, 0.5) is 0 Å². The van der Waals surface area contributed by atoms with Gasteiger partial charge in [-0.05, 0) is 32.4 Å². The maximum absolute atomic E-state index is 12.7. The molecule has 2 aromatic rings. The summed E-state index contributed by atoms with van der Waals surface area (Å²) in [6, 6.07) is 10.4. The van der Waals surface area contributed by atoms with Gasteiger partial charge in [0.05, 0.1) is 11.7 Å². The molecule has 0 bridgehead atoms. The summed E-state index contributed by atoms with van der Waals surface area (Å²) in [4.78, 5) is 16.9. The van der Waals surface area contributed by atoms with E-state index in [-0.39, 0.29) is 11.9 Å². The SMILES string of the molecule is CCn1ccc(CN2CCN(Cc3ccc(C)cc3)C(=O)C2C)n1. The Hall–Kier alpha value is -2.14. The van der Waals surface area contributed by atoms with Gasteiger partial charge in [0.2, 0.25) is 5.91 Å². The first kappa shape index (κ1) is 16.7. The smallest absolute Gasteiger partial charge is 0.239 e. The largest absolute Gasteiger partial charge is 0.336 e. The number of nitrogens with zero attached hydrogens (tertiary/aromatic N) is 4. The van der Waals surface area contributed by atoms with Gasteiger partial charge < -0.3 is 4.90 Å². The van der Waals surface area contributed by atoms with Gasteiger partial charge in [-0.3, -0.25) is 14.4 Å². The Bertz CT molecular complexity index is 692. The molecule has 1 fully saturated rings. The number of carbonyl (C=O) groups excluding carboxylic acids is 1. The van der Waals surface area contributed by atoms with Crippen LogP contribution in [-0.4, -0.2) is 44.6 Å².